The quantitative estimate of drug-likeness (QED) is 0.928. The molecule has 0 atom stereocenters. The van der Waals surface area contributed by atoms with Crippen LogP contribution in [0.2, 0.25) is 10.0 Å². The van der Waals surface area contributed by atoms with Crippen LogP contribution in [0.1, 0.15) is 18.9 Å². The van der Waals surface area contributed by atoms with E-state index in [1.807, 2.05) is 25.2 Å². The predicted molar refractivity (Wildman–Crippen MR) is 77.1 cm³/mol. The fourth-order valence-electron chi connectivity index (χ4n) is 2.00. The number of anilines is 1. The number of hydrogen-bond donors (Lipinski definition) is 1. The molecule has 0 fully saturated rings. The molecule has 2 rings (SSSR count). The number of nitrogens with two attached hydrogens (primary N) is 1. The van der Waals surface area contributed by atoms with Gasteiger partial charge in [-0.05, 0) is 18.6 Å². The second-order valence-corrected chi connectivity index (χ2v) is 5.00. The van der Waals surface area contributed by atoms with Gasteiger partial charge in [-0.3, -0.25) is 4.68 Å². The zero-order chi connectivity index (χ0) is 13.3. The molecule has 0 amide bonds. The van der Waals surface area contributed by atoms with Gasteiger partial charge in [-0.1, -0.05) is 42.6 Å². The van der Waals surface area contributed by atoms with Crippen LogP contribution in [0.15, 0.2) is 18.2 Å². The Morgan fingerprint density at radius 2 is 1.89 bits per heavy atom. The van der Waals surface area contributed by atoms with Gasteiger partial charge >= 0.3 is 0 Å². The lowest BCUT2D eigenvalue weighted by Gasteiger charge is -2.06. The largest absolute Gasteiger partial charge is 0.384 e. The first-order valence-corrected chi connectivity index (χ1v) is 6.57. The van der Waals surface area contributed by atoms with Crippen molar-refractivity contribution in [2.45, 2.75) is 19.8 Å². The standard InChI is InChI=1S/C13H15Cl2N3/c1-3-5-8-12(17-18(2)13(8)16)11-9(14)6-4-7-10(11)15/h4,6-7H,3,5,16H2,1-2H3. The first-order valence-electron chi connectivity index (χ1n) is 5.82. The zero-order valence-electron chi connectivity index (χ0n) is 10.4. The highest BCUT2D eigenvalue weighted by Crippen LogP contribution is 2.37. The molecule has 0 spiro atoms. The van der Waals surface area contributed by atoms with Gasteiger partial charge < -0.3 is 5.73 Å². The van der Waals surface area contributed by atoms with Crippen LogP contribution in [-0.2, 0) is 13.5 Å². The molecule has 0 bridgehead atoms. The van der Waals surface area contributed by atoms with Crippen LogP contribution in [0.4, 0.5) is 5.82 Å². The summed E-state index contributed by atoms with van der Waals surface area (Å²) in [5.41, 5.74) is 8.60. The van der Waals surface area contributed by atoms with Gasteiger partial charge in [0.25, 0.3) is 0 Å². The molecule has 0 unspecified atom stereocenters. The molecular formula is C13H15Cl2N3. The second-order valence-electron chi connectivity index (χ2n) is 4.18. The summed E-state index contributed by atoms with van der Waals surface area (Å²) in [6, 6.07) is 5.44. The van der Waals surface area contributed by atoms with Crippen molar-refractivity contribution in [1.82, 2.24) is 9.78 Å². The molecule has 0 aliphatic rings. The number of rotatable bonds is 3. The van der Waals surface area contributed by atoms with Gasteiger partial charge in [0.05, 0.1) is 10.0 Å². The van der Waals surface area contributed by atoms with E-state index in [1.165, 1.54) is 0 Å². The van der Waals surface area contributed by atoms with E-state index in [0.29, 0.717) is 15.9 Å². The molecule has 1 aromatic heterocycles. The summed E-state index contributed by atoms with van der Waals surface area (Å²) >= 11 is 12.4. The molecule has 1 aromatic carbocycles. The molecule has 0 radical (unpaired) electrons. The maximum Gasteiger partial charge on any atom is 0.125 e. The Balaban J connectivity index is 2.67. The van der Waals surface area contributed by atoms with E-state index in [2.05, 4.69) is 12.0 Å². The minimum atomic E-state index is 0.595. The molecule has 0 aliphatic carbocycles. The lowest BCUT2D eigenvalue weighted by molar-refractivity contribution is 0.781. The van der Waals surface area contributed by atoms with Crippen LogP contribution in [0.25, 0.3) is 11.3 Å². The average Bonchev–Trinajstić information content (AvgIpc) is 2.58. The third kappa shape index (κ3) is 2.20. The highest BCUT2D eigenvalue weighted by molar-refractivity contribution is 6.39. The third-order valence-electron chi connectivity index (χ3n) is 2.89. The number of aromatic nitrogens is 2. The Morgan fingerprint density at radius 3 is 2.44 bits per heavy atom. The van der Waals surface area contributed by atoms with Gasteiger partial charge in [-0.2, -0.15) is 5.10 Å². The van der Waals surface area contributed by atoms with Gasteiger partial charge in [-0.25, -0.2) is 0 Å². The molecule has 96 valence electrons. The predicted octanol–water partition coefficient (Wildman–Crippen LogP) is 3.93. The van der Waals surface area contributed by atoms with E-state index in [0.717, 1.165) is 29.7 Å². The van der Waals surface area contributed by atoms with E-state index in [1.54, 1.807) is 4.68 Å². The summed E-state index contributed by atoms with van der Waals surface area (Å²) in [7, 11) is 1.82. The molecule has 1 heterocycles. The van der Waals surface area contributed by atoms with Crippen LogP contribution in [0, 0.1) is 0 Å². The Bertz CT molecular complexity index is 556. The van der Waals surface area contributed by atoms with Crippen molar-refractivity contribution in [3.63, 3.8) is 0 Å². The topological polar surface area (TPSA) is 43.8 Å². The molecule has 5 heteroatoms. The number of nitrogens with zero attached hydrogens (tertiary/aromatic N) is 2. The summed E-state index contributed by atoms with van der Waals surface area (Å²) in [6.07, 6.45) is 1.85. The maximum atomic E-state index is 6.22. The van der Waals surface area contributed by atoms with Crippen molar-refractivity contribution in [3.8, 4) is 11.3 Å². The number of aryl methyl sites for hydroxylation is 1. The molecule has 2 N–H and O–H groups in total. The van der Waals surface area contributed by atoms with Crippen LogP contribution < -0.4 is 5.73 Å². The number of nitrogen functional groups attached to an aromatic ring is 1. The second kappa shape index (κ2) is 5.21. The summed E-state index contributed by atoms with van der Waals surface area (Å²) in [5, 5.41) is 5.63. The summed E-state index contributed by atoms with van der Waals surface area (Å²) in [6.45, 7) is 2.10. The highest BCUT2D eigenvalue weighted by Gasteiger charge is 2.19. The Kier molecular flexibility index (Phi) is 3.83. The minimum absolute atomic E-state index is 0.595. The van der Waals surface area contributed by atoms with Crippen molar-refractivity contribution in [2.75, 3.05) is 5.73 Å². The van der Waals surface area contributed by atoms with E-state index in [-0.39, 0.29) is 0 Å². The van der Waals surface area contributed by atoms with Gasteiger partial charge in [-0.15, -0.1) is 0 Å². The normalized spacial score (nSPS) is 10.9. The maximum absolute atomic E-state index is 6.22. The lowest BCUT2D eigenvalue weighted by Crippen LogP contribution is -1.99. The summed E-state index contributed by atoms with van der Waals surface area (Å²) < 4.78 is 1.67. The third-order valence-corrected chi connectivity index (χ3v) is 3.52. The van der Waals surface area contributed by atoms with E-state index >= 15 is 0 Å². The number of benzene rings is 1. The summed E-state index contributed by atoms with van der Waals surface area (Å²) in [4.78, 5) is 0. The number of hydrogen-bond acceptors (Lipinski definition) is 2. The SMILES string of the molecule is CCCc1c(-c2c(Cl)cccc2Cl)nn(C)c1N. The van der Waals surface area contributed by atoms with Crippen molar-refractivity contribution in [3.05, 3.63) is 33.8 Å². The van der Waals surface area contributed by atoms with Gasteiger partial charge in [0.2, 0.25) is 0 Å². The Labute approximate surface area is 117 Å². The molecule has 0 aliphatic heterocycles. The van der Waals surface area contributed by atoms with Crippen molar-refractivity contribution >= 4 is 29.0 Å². The lowest BCUT2D eigenvalue weighted by atomic mass is 10.0. The van der Waals surface area contributed by atoms with Gasteiger partial charge in [0.15, 0.2) is 0 Å². The van der Waals surface area contributed by atoms with Gasteiger partial charge in [0.1, 0.15) is 11.5 Å². The highest BCUT2D eigenvalue weighted by atomic mass is 35.5. The van der Waals surface area contributed by atoms with E-state index in [4.69, 9.17) is 28.9 Å². The van der Waals surface area contributed by atoms with E-state index in [9.17, 15) is 0 Å². The smallest absolute Gasteiger partial charge is 0.125 e. The van der Waals surface area contributed by atoms with Gasteiger partial charge in [0, 0.05) is 18.2 Å². The molecular weight excluding hydrogens is 269 g/mol. The Morgan fingerprint density at radius 1 is 1.28 bits per heavy atom. The van der Waals surface area contributed by atoms with E-state index < -0.39 is 0 Å². The fourth-order valence-corrected chi connectivity index (χ4v) is 2.58. The Hall–Kier alpha value is -1.19. The molecule has 2 aromatic rings. The van der Waals surface area contributed by atoms with Crippen molar-refractivity contribution in [1.29, 1.82) is 0 Å². The number of halogens is 2. The van der Waals surface area contributed by atoms with Crippen LogP contribution in [0.5, 0.6) is 0 Å². The van der Waals surface area contributed by atoms with Crippen LogP contribution in [0.3, 0.4) is 0 Å². The van der Waals surface area contributed by atoms with Crippen molar-refractivity contribution in [2.24, 2.45) is 7.05 Å². The monoisotopic (exact) mass is 283 g/mol. The first kappa shape index (κ1) is 13.2. The molecule has 0 saturated carbocycles. The fraction of sp³-hybridized carbons (Fsp3) is 0.308. The van der Waals surface area contributed by atoms with Crippen molar-refractivity contribution < 1.29 is 0 Å². The minimum Gasteiger partial charge on any atom is -0.384 e. The average molecular weight is 284 g/mol. The first-order chi connectivity index (χ1) is 8.56. The molecule has 3 nitrogen and oxygen atoms in total. The summed E-state index contributed by atoms with van der Waals surface area (Å²) in [5.74, 6) is 0.669. The van der Waals surface area contributed by atoms with Crippen LogP contribution in [-0.4, -0.2) is 9.78 Å². The molecule has 18 heavy (non-hydrogen) atoms. The zero-order valence-corrected chi connectivity index (χ0v) is 11.9. The van der Waals surface area contributed by atoms with Crippen LogP contribution >= 0.6 is 23.2 Å². The molecule has 0 saturated heterocycles.